The van der Waals surface area contributed by atoms with E-state index in [1.165, 1.54) is 42.5 Å². The Morgan fingerprint density at radius 2 is 1.87 bits per heavy atom. The van der Waals surface area contributed by atoms with Gasteiger partial charge in [-0.05, 0) is 68.1 Å². The fraction of sp³-hybridized carbons (Fsp3) is 0.480. The lowest BCUT2D eigenvalue weighted by molar-refractivity contribution is 0.0921. The van der Waals surface area contributed by atoms with Gasteiger partial charge < -0.3 is 15.0 Å². The summed E-state index contributed by atoms with van der Waals surface area (Å²) in [6.45, 7) is 3.90. The third kappa shape index (κ3) is 4.46. The van der Waals surface area contributed by atoms with Gasteiger partial charge in [0.1, 0.15) is 5.75 Å². The highest BCUT2D eigenvalue weighted by Gasteiger charge is 2.25. The SMILES string of the molecule is COc1ccccc1C(=O)NC[C@@H](c1ccc2c(c1)CCCN2C)N1CCCCC1. The smallest absolute Gasteiger partial charge is 0.255 e. The molecule has 0 spiro atoms. The molecule has 1 saturated heterocycles. The van der Waals surface area contributed by atoms with Crippen molar-refractivity contribution < 1.29 is 9.53 Å². The van der Waals surface area contributed by atoms with E-state index < -0.39 is 0 Å². The quantitative estimate of drug-likeness (QED) is 0.785. The van der Waals surface area contributed by atoms with Crippen molar-refractivity contribution in [2.24, 2.45) is 0 Å². The zero-order valence-electron chi connectivity index (χ0n) is 18.2. The largest absolute Gasteiger partial charge is 0.496 e. The van der Waals surface area contributed by atoms with Crippen molar-refractivity contribution in [3.8, 4) is 5.75 Å². The van der Waals surface area contributed by atoms with Gasteiger partial charge in [-0.25, -0.2) is 0 Å². The van der Waals surface area contributed by atoms with Gasteiger partial charge in [0, 0.05) is 25.8 Å². The summed E-state index contributed by atoms with van der Waals surface area (Å²) in [5.41, 5.74) is 4.68. The first-order valence-electron chi connectivity index (χ1n) is 11.2. The van der Waals surface area contributed by atoms with Crippen molar-refractivity contribution in [3.05, 3.63) is 59.2 Å². The van der Waals surface area contributed by atoms with Crippen molar-refractivity contribution >= 4 is 11.6 Å². The zero-order chi connectivity index (χ0) is 20.9. The van der Waals surface area contributed by atoms with Crippen LogP contribution in [0.4, 0.5) is 5.69 Å². The van der Waals surface area contributed by atoms with Crippen LogP contribution in [0.3, 0.4) is 0 Å². The Morgan fingerprint density at radius 3 is 2.67 bits per heavy atom. The number of piperidine rings is 1. The molecule has 1 amide bonds. The van der Waals surface area contributed by atoms with E-state index in [4.69, 9.17) is 4.74 Å². The van der Waals surface area contributed by atoms with Crippen molar-refractivity contribution in [2.45, 2.75) is 38.1 Å². The van der Waals surface area contributed by atoms with Crippen LogP contribution >= 0.6 is 0 Å². The van der Waals surface area contributed by atoms with E-state index in [2.05, 4.69) is 40.4 Å². The molecule has 0 unspecified atom stereocenters. The van der Waals surface area contributed by atoms with Gasteiger partial charge in [-0.1, -0.05) is 30.7 Å². The number of ether oxygens (including phenoxy) is 1. The number of carbonyl (C=O) groups excluding carboxylic acids is 1. The van der Waals surface area contributed by atoms with Crippen LogP contribution in [0.2, 0.25) is 0 Å². The molecule has 0 aliphatic carbocycles. The summed E-state index contributed by atoms with van der Waals surface area (Å²) in [4.78, 5) is 17.8. The monoisotopic (exact) mass is 407 g/mol. The second-order valence-electron chi connectivity index (χ2n) is 8.44. The molecule has 2 aromatic rings. The van der Waals surface area contributed by atoms with Gasteiger partial charge in [0.15, 0.2) is 0 Å². The summed E-state index contributed by atoms with van der Waals surface area (Å²) in [7, 11) is 3.78. The maximum absolute atomic E-state index is 12.9. The maximum Gasteiger partial charge on any atom is 0.255 e. The minimum absolute atomic E-state index is 0.0767. The number of hydrogen-bond donors (Lipinski definition) is 1. The number of methoxy groups -OCH3 is 1. The molecule has 1 N–H and O–H groups in total. The standard InChI is InChI=1S/C25H33N3O2/c1-27-14-8-9-19-17-20(12-13-22(19)27)23(28-15-6-3-7-16-28)18-26-25(29)21-10-4-5-11-24(21)30-2/h4-5,10-13,17,23H,3,6-9,14-16,18H2,1-2H3,(H,26,29)/t23-/m0/s1. The normalized spacial score (nSPS) is 17.9. The summed E-state index contributed by atoms with van der Waals surface area (Å²) >= 11 is 0. The van der Waals surface area contributed by atoms with E-state index in [9.17, 15) is 4.79 Å². The molecule has 1 atom stereocenters. The van der Waals surface area contributed by atoms with Crippen LogP contribution in [0.1, 0.15) is 53.2 Å². The highest BCUT2D eigenvalue weighted by Crippen LogP contribution is 2.31. The number of nitrogens with one attached hydrogen (secondary N) is 1. The number of carbonyl (C=O) groups is 1. The number of benzene rings is 2. The average Bonchev–Trinajstić information content (AvgIpc) is 2.80. The highest BCUT2D eigenvalue weighted by atomic mass is 16.5. The third-order valence-corrected chi connectivity index (χ3v) is 6.48. The lowest BCUT2D eigenvalue weighted by Gasteiger charge is -2.36. The second-order valence-corrected chi connectivity index (χ2v) is 8.44. The number of fused-ring (bicyclic) bond motifs is 1. The summed E-state index contributed by atoms with van der Waals surface area (Å²) in [6, 6.07) is 14.5. The molecule has 0 bridgehead atoms. The number of likely N-dealkylation sites (tertiary alicyclic amines) is 1. The van der Waals surface area contributed by atoms with Crippen molar-refractivity contribution in [1.29, 1.82) is 0 Å². The Morgan fingerprint density at radius 1 is 1.07 bits per heavy atom. The maximum atomic E-state index is 12.9. The molecule has 0 aromatic heterocycles. The summed E-state index contributed by atoms with van der Waals surface area (Å²) in [6.07, 6.45) is 6.08. The fourth-order valence-corrected chi connectivity index (χ4v) is 4.82. The summed E-state index contributed by atoms with van der Waals surface area (Å²) < 4.78 is 5.37. The summed E-state index contributed by atoms with van der Waals surface area (Å²) in [5, 5.41) is 3.19. The van der Waals surface area contributed by atoms with E-state index in [-0.39, 0.29) is 11.9 Å². The topological polar surface area (TPSA) is 44.8 Å². The van der Waals surface area contributed by atoms with Crippen LogP contribution in [-0.2, 0) is 6.42 Å². The lowest BCUT2D eigenvalue weighted by atomic mass is 9.95. The van der Waals surface area contributed by atoms with E-state index in [1.807, 2.05) is 24.3 Å². The molecule has 30 heavy (non-hydrogen) atoms. The Balaban J connectivity index is 1.55. The van der Waals surface area contributed by atoms with Gasteiger partial charge in [-0.3, -0.25) is 9.69 Å². The molecular weight excluding hydrogens is 374 g/mol. The number of hydrogen-bond acceptors (Lipinski definition) is 4. The Hall–Kier alpha value is -2.53. The lowest BCUT2D eigenvalue weighted by Crippen LogP contribution is -2.40. The predicted octanol–water partition coefficient (Wildman–Crippen LogP) is 4.03. The number of rotatable bonds is 6. The third-order valence-electron chi connectivity index (χ3n) is 6.48. The Kier molecular flexibility index (Phi) is 6.58. The number of aryl methyl sites for hydroxylation is 1. The van der Waals surface area contributed by atoms with E-state index >= 15 is 0 Å². The van der Waals surface area contributed by atoms with E-state index in [0.29, 0.717) is 17.9 Å². The highest BCUT2D eigenvalue weighted by molar-refractivity contribution is 5.96. The molecule has 1 fully saturated rings. The van der Waals surface area contributed by atoms with Crippen LogP contribution in [0.15, 0.2) is 42.5 Å². The van der Waals surface area contributed by atoms with Crippen LogP contribution in [0.25, 0.3) is 0 Å². The number of para-hydroxylation sites is 1. The zero-order valence-corrected chi connectivity index (χ0v) is 18.2. The first-order valence-corrected chi connectivity index (χ1v) is 11.2. The molecule has 2 aliphatic heterocycles. The van der Waals surface area contributed by atoms with Crippen LogP contribution in [0, 0.1) is 0 Å². The van der Waals surface area contributed by atoms with Gasteiger partial charge >= 0.3 is 0 Å². The van der Waals surface area contributed by atoms with Gasteiger partial charge in [0.2, 0.25) is 0 Å². The molecular formula is C25H33N3O2. The van der Waals surface area contributed by atoms with Crippen LogP contribution in [-0.4, -0.2) is 51.1 Å². The molecule has 2 heterocycles. The second kappa shape index (κ2) is 9.52. The van der Waals surface area contributed by atoms with Crippen molar-refractivity contribution in [2.75, 3.05) is 45.2 Å². The van der Waals surface area contributed by atoms with Gasteiger partial charge in [-0.15, -0.1) is 0 Å². The number of anilines is 1. The van der Waals surface area contributed by atoms with Gasteiger partial charge in [0.05, 0.1) is 18.7 Å². The molecule has 5 heteroatoms. The molecule has 5 nitrogen and oxygen atoms in total. The van der Waals surface area contributed by atoms with Crippen molar-refractivity contribution in [1.82, 2.24) is 10.2 Å². The first-order chi connectivity index (χ1) is 14.7. The van der Waals surface area contributed by atoms with Gasteiger partial charge in [0.25, 0.3) is 5.91 Å². The van der Waals surface area contributed by atoms with Crippen LogP contribution in [0.5, 0.6) is 5.75 Å². The summed E-state index contributed by atoms with van der Waals surface area (Å²) in [5.74, 6) is 0.536. The average molecular weight is 408 g/mol. The number of amides is 1. The Labute approximate surface area is 180 Å². The van der Waals surface area contributed by atoms with Gasteiger partial charge in [-0.2, -0.15) is 0 Å². The minimum Gasteiger partial charge on any atom is -0.496 e. The van der Waals surface area contributed by atoms with E-state index in [0.717, 1.165) is 26.1 Å². The molecule has 0 radical (unpaired) electrons. The molecule has 0 saturated carbocycles. The molecule has 160 valence electrons. The molecule has 2 aromatic carbocycles. The minimum atomic E-state index is -0.0767. The Bertz CT molecular complexity index is 876. The van der Waals surface area contributed by atoms with Crippen LogP contribution < -0.4 is 15.0 Å². The predicted molar refractivity (Wildman–Crippen MR) is 122 cm³/mol. The van der Waals surface area contributed by atoms with Crippen molar-refractivity contribution in [3.63, 3.8) is 0 Å². The van der Waals surface area contributed by atoms with E-state index in [1.54, 1.807) is 7.11 Å². The fourth-order valence-electron chi connectivity index (χ4n) is 4.82. The molecule has 2 aliphatic rings. The molecule has 4 rings (SSSR count). The number of nitrogens with zero attached hydrogens (tertiary/aromatic N) is 2. The first kappa shape index (κ1) is 20.7.